The Kier molecular flexibility index (Phi) is 4.11. The molecule has 7 nitrogen and oxygen atoms in total. The first-order valence-corrected chi connectivity index (χ1v) is 7.05. The van der Waals surface area contributed by atoms with E-state index in [1.165, 1.54) is 6.07 Å². The lowest BCUT2D eigenvalue weighted by Crippen LogP contribution is -2.27. The van der Waals surface area contributed by atoms with Gasteiger partial charge in [-0.1, -0.05) is 13.8 Å². The van der Waals surface area contributed by atoms with Gasteiger partial charge in [0.2, 0.25) is 0 Å². The van der Waals surface area contributed by atoms with Crippen LogP contribution in [-0.2, 0) is 0 Å². The molecule has 0 amide bonds. The molecule has 1 aliphatic rings. The topological polar surface area (TPSA) is 96.6 Å². The number of hydrogen-bond donors (Lipinski definition) is 1. The van der Waals surface area contributed by atoms with E-state index in [4.69, 9.17) is 5.11 Å². The van der Waals surface area contributed by atoms with Crippen molar-refractivity contribution in [1.29, 1.82) is 0 Å². The van der Waals surface area contributed by atoms with E-state index in [1.807, 2.05) is 4.90 Å². The van der Waals surface area contributed by atoms with Crippen molar-refractivity contribution in [3.05, 3.63) is 27.9 Å². The number of rotatable bonds is 5. The maximum absolute atomic E-state index is 11.2. The Hall–Kier alpha value is -2.18. The number of carbonyl (C=O) groups is 1. The maximum Gasteiger partial charge on any atom is 0.342 e. The number of carboxylic acids is 1. The highest BCUT2D eigenvalue weighted by molar-refractivity contribution is 5.93. The molecular formula is C14H19N3O4. The minimum atomic E-state index is -1.30. The van der Waals surface area contributed by atoms with E-state index in [1.54, 1.807) is 0 Å². The summed E-state index contributed by atoms with van der Waals surface area (Å²) in [5.74, 6) is -0.802. The number of aromatic nitrogens is 1. The average molecular weight is 293 g/mol. The molecule has 1 fully saturated rings. The lowest BCUT2D eigenvalue weighted by molar-refractivity contribution is -0.385. The molecule has 0 radical (unpaired) electrons. The predicted molar refractivity (Wildman–Crippen MR) is 77.7 cm³/mol. The largest absolute Gasteiger partial charge is 0.477 e. The van der Waals surface area contributed by atoms with E-state index >= 15 is 0 Å². The first-order chi connectivity index (χ1) is 9.92. The van der Waals surface area contributed by atoms with E-state index in [0.717, 1.165) is 38.5 Å². The highest BCUT2D eigenvalue weighted by Gasteiger charge is 2.36. The number of pyridine rings is 1. The summed E-state index contributed by atoms with van der Waals surface area (Å²) in [6, 6.07) is 1.31. The van der Waals surface area contributed by atoms with Crippen LogP contribution in [0.25, 0.3) is 0 Å². The van der Waals surface area contributed by atoms with Gasteiger partial charge >= 0.3 is 11.7 Å². The summed E-state index contributed by atoms with van der Waals surface area (Å²) in [7, 11) is 0. The number of hydrogen-bond acceptors (Lipinski definition) is 5. The van der Waals surface area contributed by atoms with Gasteiger partial charge in [0.15, 0.2) is 0 Å². The Labute approximate surface area is 122 Å². The van der Waals surface area contributed by atoms with Gasteiger partial charge in [-0.2, -0.15) is 0 Å². The van der Waals surface area contributed by atoms with Crippen molar-refractivity contribution in [2.45, 2.75) is 33.1 Å². The van der Waals surface area contributed by atoms with Crippen molar-refractivity contribution in [1.82, 2.24) is 4.98 Å². The fraction of sp³-hybridized carbons (Fsp3) is 0.571. The van der Waals surface area contributed by atoms with Crippen LogP contribution >= 0.6 is 0 Å². The fourth-order valence-corrected chi connectivity index (χ4v) is 2.88. The van der Waals surface area contributed by atoms with Gasteiger partial charge in [-0.3, -0.25) is 10.1 Å². The molecule has 0 unspecified atom stereocenters. The minimum Gasteiger partial charge on any atom is -0.477 e. The fourth-order valence-electron chi connectivity index (χ4n) is 2.88. The van der Waals surface area contributed by atoms with Crippen LogP contribution in [0.1, 0.15) is 43.5 Å². The summed E-state index contributed by atoms with van der Waals surface area (Å²) in [6.07, 6.45) is 4.18. The van der Waals surface area contributed by atoms with Crippen molar-refractivity contribution in [2.24, 2.45) is 5.41 Å². The zero-order valence-corrected chi connectivity index (χ0v) is 12.2. The number of carboxylic acid groups (broad SMARTS) is 1. The first kappa shape index (κ1) is 15.2. The minimum absolute atomic E-state index is 0.229. The van der Waals surface area contributed by atoms with E-state index in [2.05, 4.69) is 18.8 Å². The zero-order chi connectivity index (χ0) is 15.6. The highest BCUT2D eigenvalue weighted by atomic mass is 16.6. The third-order valence-electron chi connectivity index (χ3n) is 4.56. The summed E-state index contributed by atoms with van der Waals surface area (Å²) in [5, 5.41) is 20.0. The van der Waals surface area contributed by atoms with Crippen molar-refractivity contribution in [2.75, 3.05) is 18.0 Å². The summed E-state index contributed by atoms with van der Waals surface area (Å²) in [5.41, 5.74) is -0.550. The molecule has 21 heavy (non-hydrogen) atoms. The lowest BCUT2D eigenvalue weighted by Gasteiger charge is -2.26. The van der Waals surface area contributed by atoms with Crippen molar-refractivity contribution < 1.29 is 14.8 Å². The van der Waals surface area contributed by atoms with Crippen LogP contribution in [0.2, 0.25) is 0 Å². The number of nitrogens with zero attached hydrogens (tertiary/aromatic N) is 3. The molecule has 1 N–H and O–H groups in total. The second-order valence-electron chi connectivity index (χ2n) is 5.50. The molecule has 0 saturated carbocycles. The lowest BCUT2D eigenvalue weighted by atomic mass is 9.82. The van der Waals surface area contributed by atoms with E-state index in [0.29, 0.717) is 5.82 Å². The molecule has 1 aliphatic heterocycles. The third kappa shape index (κ3) is 2.81. The molecule has 0 aliphatic carbocycles. The molecule has 1 aromatic heterocycles. The van der Waals surface area contributed by atoms with Crippen molar-refractivity contribution in [3.8, 4) is 0 Å². The second-order valence-corrected chi connectivity index (χ2v) is 5.50. The zero-order valence-electron chi connectivity index (χ0n) is 12.2. The Morgan fingerprint density at radius 1 is 1.52 bits per heavy atom. The van der Waals surface area contributed by atoms with Crippen molar-refractivity contribution >= 4 is 17.5 Å². The van der Waals surface area contributed by atoms with Gasteiger partial charge in [0.25, 0.3) is 0 Å². The Morgan fingerprint density at radius 3 is 2.67 bits per heavy atom. The molecule has 0 spiro atoms. The molecule has 2 heterocycles. The monoisotopic (exact) mass is 293 g/mol. The van der Waals surface area contributed by atoms with Gasteiger partial charge in [0.1, 0.15) is 17.6 Å². The molecule has 1 saturated heterocycles. The predicted octanol–water partition coefficient (Wildman–Crippen LogP) is 2.70. The standard InChI is InChI=1S/C14H19N3O4/c1-3-14(4-2)5-6-16(9-14)12-7-10(13(18)19)11(8-15-12)17(20)21/h7-8H,3-6,9H2,1-2H3,(H,18,19). The second kappa shape index (κ2) is 5.67. The first-order valence-electron chi connectivity index (χ1n) is 7.05. The van der Waals surface area contributed by atoms with Gasteiger partial charge in [0, 0.05) is 19.2 Å². The smallest absolute Gasteiger partial charge is 0.342 e. The van der Waals surface area contributed by atoms with Gasteiger partial charge in [-0.25, -0.2) is 9.78 Å². The van der Waals surface area contributed by atoms with Gasteiger partial charge in [-0.05, 0) is 24.7 Å². The van der Waals surface area contributed by atoms with Crippen LogP contribution in [0.4, 0.5) is 11.5 Å². The van der Waals surface area contributed by atoms with Gasteiger partial charge < -0.3 is 10.0 Å². The molecule has 1 aromatic rings. The Morgan fingerprint density at radius 2 is 2.19 bits per heavy atom. The summed E-state index contributed by atoms with van der Waals surface area (Å²) >= 11 is 0. The van der Waals surface area contributed by atoms with E-state index in [9.17, 15) is 14.9 Å². The van der Waals surface area contributed by atoms with Gasteiger partial charge in [0.05, 0.1) is 4.92 Å². The molecule has 0 bridgehead atoms. The average Bonchev–Trinajstić information content (AvgIpc) is 2.91. The van der Waals surface area contributed by atoms with Crippen LogP contribution in [-0.4, -0.2) is 34.1 Å². The van der Waals surface area contributed by atoms with E-state index < -0.39 is 16.6 Å². The summed E-state index contributed by atoms with van der Waals surface area (Å²) in [4.78, 5) is 27.4. The van der Waals surface area contributed by atoms with Crippen LogP contribution in [0, 0.1) is 15.5 Å². The van der Waals surface area contributed by atoms with Crippen LogP contribution in [0.15, 0.2) is 12.3 Å². The van der Waals surface area contributed by atoms with Crippen LogP contribution < -0.4 is 4.90 Å². The highest BCUT2D eigenvalue weighted by Crippen LogP contribution is 2.39. The Bertz CT molecular complexity index is 569. The summed E-state index contributed by atoms with van der Waals surface area (Å²) < 4.78 is 0. The van der Waals surface area contributed by atoms with Gasteiger partial charge in [-0.15, -0.1) is 0 Å². The molecule has 0 aromatic carbocycles. The maximum atomic E-state index is 11.2. The summed E-state index contributed by atoms with van der Waals surface area (Å²) in [6.45, 7) is 5.91. The molecule has 114 valence electrons. The van der Waals surface area contributed by atoms with Crippen LogP contribution in [0.3, 0.4) is 0 Å². The van der Waals surface area contributed by atoms with Crippen LogP contribution in [0.5, 0.6) is 0 Å². The van der Waals surface area contributed by atoms with E-state index in [-0.39, 0.29) is 11.0 Å². The Balaban J connectivity index is 2.32. The number of aromatic carboxylic acids is 1. The molecular weight excluding hydrogens is 274 g/mol. The SMILES string of the molecule is CCC1(CC)CCN(c2cc(C(=O)O)c([N+](=O)[O-])cn2)C1. The quantitative estimate of drug-likeness (QED) is 0.662. The molecule has 0 atom stereocenters. The third-order valence-corrected chi connectivity index (χ3v) is 4.56. The molecule has 7 heteroatoms. The number of nitro groups is 1. The molecule has 2 rings (SSSR count). The normalized spacial score (nSPS) is 17.0. The van der Waals surface area contributed by atoms with Crippen molar-refractivity contribution in [3.63, 3.8) is 0 Å². The number of anilines is 1.